The fraction of sp³-hybridized carbons (Fsp3) is 0.333. The van der Waals surface area contributed by atoms with Crippen molar-refractivity contribution in [3.63, 3.8) is 0 Å². The van der Waals surface area contributed by atoms with Gasteiger partial charge in [-0.3, -0.25) is 0 Å². The minimum Gasteiger partial charge on any atom is -0.489 e. The fourth-order valence-corrected chi connectivity index (χ4v) is 10.1. The van der Waals surface area contributed by atoms with E-state index in [2.05, 4.69) is 94.7 Å². The van der Waals surface area contributed by atoms with Crippen LogP contribution in [0, 0.1) is 17.7 Å². The molecule has 0 radical (unpaired) electrons. The van der Waals surface area contributed by atoms with E-state index in [1.54, 1.807) is 72.8 Å². The number of aliphatic hydroxyl groups excluding tert-OH is 2. The molecule has 71 heavy (non-hydrogen) atoms. The quantitative estimate of drug-likeness (QED) is 0.0676. The first kappa shape index (κ1) is 50.6. The van der Waals surface area contributed by atoms with Gasteiger partial charge in [0.2, 0.25) is 0 Å². The molecule has 0 saturated carbocycles. The number of hydrogen-bond donors (Lipinski definition) is 2. The molecule has 0 amide bonds. The summed E-state index contributed by atoms with van der Waals surface area (Å²) in [5, 5.41) is 22.9. The van der Waals surface area contributed by atoms with E-state index in [0.717, 1.165) is 84.2 Å². The van der Waals surface area contributed by atoms with Crippen LogP contribution in [-0.2, 0) is 46.9 Å². The van der Waals surface area contributed by atoms with E-state index in [-0.39, 0.29) is 33.2 Å². The lowest BCUT2D eigenvalue weighted by atomic mass is 9.60. The van der Waals surface area contributed by atoms with Crippen LogP contribution in [0.25, 0.3) is 6.08 Å². The van der Waals surface area contributed by atoms with Crippen molar-refractivity contribution in [1.82, 2.24) is 0 Å². The van der Waals surface area contributed by atoms with Gasteiger partial charge in [-0.05, 0) is 184 Å². The second kappa shape index (κ2) is 20.9. The van der Waals surface area contributed by atoms with Crippen LogP contribution in [0.3, 0.4) is 0 Å². The molecule has 0 spiro atoms. The van der Waals surface area contributed by atoms with E-state index >= 15 is 0 Å². The Hall–Kier alpha value is -6.79. The molecule has 0 heterocycles. The topological polar surface area (TPSA) is 96.3 Å². The minimum absolute atomic E-state index is 0.0245. The van der Waals surface area contributed by atoms with E-state index in [9.17, 15) is 24.2 Å². The highest BCUT2D eigenvalue weighted by Crippen LogP contribution is 2.49. The molecule has 6 aromatic carbocycles. The Morgan fingerprint density at radius 1 is 0.775 bits per heavy atom. The first-order valence-electron chi connectivity index (χ1n) is 24.8. The van der Waals surface area contributed by atoms with Crippen molar-refractivity contribution in [2.24, 2.45) is 0 Å². The van der Waals surface area contributed by atoms with E-state index in [1.807, 2.05) is 26.2 Å². The Kier molecular flexibility index (Phi) is 14.9. The molecular weight excluding hydrogens is 886 g/mol. The summed E-state index contributed by atoms with van der Waals surface area (Å²) in [5.74, 6) is 5.01. The average molecular weight is 952 g/mol. The van der Waals surface area contributed by atoms with Crippen LogP contribution in [-0.4, -0.2) is 36.2 Å². The standard InChI is InChI=1S/C63H66FNO6/c1-61(2)33-34-62(3,4)58-49(39-63(5,6)50-25-29-52(30-26-50)65(7)8)36-47(37-54(58)61)55(66)31-19-41-13-21-44(22-14-41)59(68)71-60(69)45-23-15-42(16-24-45)20-32-56(67)48-35-46-11-9-10-12-53(46)57(38-48)70-40-43-17-27-51(64)28-18-43/h13-18,20-30,32,35-38,55-56,66-67H,9-12,33-34,39-40H2,1-8H3. The van der Waals surface area contributed by atoms with Crippen LogP contribution in [0.1, 0.15) is 161 Å². The summed E-state index contributed by atoms with van der Waals surface area (Å²) in [6.45, 7) is 14.1. The van der Waals surface area contributed by atoms with Crippen molar-refractivity contribution >= 4 is 23.7 Å². The lowest BCUT2D eigenvalue weighted by molar-refractivity contribution is 0.0397. The van der Waals surface area contributed by atoms with Crippen LogP contribution >= 0.6 is 0 Å². The maximum atomic E-state index is 13.5. The normalized spacial score (nSPS) is 15.6. The number of ether oxygens (including phenoxy) is 2. The summed E-state index contributed by atoms with van der Waals surface area (Å²) >= 11 is 0. The summed E-state index contributed by atoms with van der Waals surface area (Å²) in [5.41, 5.74) is 12.4. The van der Waals surface area contributed by atoms with Crippen molar-refractivity contribution in [2.45, 2.75) is 122 Å². The summed E-state index contributed by atoms with van der Waals surface area (Å²) in [4.78, 5) is 28.3. The highest BCUT2D eigenvalue weighted by molar-refractivity contribution is 6.02. The molecule has 2 atom stereocenters. The lowest BCUT2D eigenvalue weighted by Gasteiger charge is -2.44. The molecule has 0 aromatic heterocycles. The SMILES string of the molecule is CN(C)c1ccc(C(C)(C)Cc2cc(C(O)C#Cc3ccc(C(=O)OC(=O)c4ccc(C=CC(O)c5cc6c(c(OCc7ccc(F)cc7)c5)CCCC6)cc4)cc3)cc3c2C(C)(C)CCC3(C)C)cc1. The lowest BCUT2D eigenvalue weighted by Crippen LogP contribution is -2.36. The summed E-state index contributed by atoms with van der Waals surface area (Å²) < 4.78 is 24.9. The second-order valence-electron chi connectivity index (χ2n) is 21.5. The zero-order valence-electron chi connectivity index (χ0n) is 42.4. The molecule has 366 valence electrons. The van der Waals surface area contributed by atoms with E-state index in [1.165, 1.54) is 34.4 Å². The largest absolute Gasteiger partial charge is 0.489 e. The van der Waals surface area contributed by atoms with Gasteiger partial charge in [0.25, 0.3) is 0 Å². The van der Waals surface area contributed by atoms with Gasteiger partial charge in [-0.25, -0.2) is 14.0 Å². The van der Waals surface area contributed by atoms with Gasteiger partial charge in [-0.15, -0.1) is 0 Å². The van der Waals surface area contributed by atoms with E-state index < -0.39 is 24.1 Å². The molecule has 2 aliphatic rings. The van der Waals surface area contributed by atoms with Crippen molar-refractivity contribution in [2.75, 3.05) is 19.0 Å². The number of rotatable bonds is 13. The highest BCUT2D eigenvalue weighted by Gasteiger charge is 2.40. The van der Waals surface area contributed by atoms with Crippen LogP contribution in [0.4, 0.5) is 10.1 Å². The molecule has 2 N–H and O–H groups in total. The number of carbonyl (C=O) groups excluding carboxylic acids is 2. The first-order valence-corrected chi connectivity index (χ1v) is 24.8. The number of anilines is 1. The smallest absolute Gasteiger partial charge is 0.346 e. The molecule has 8 rings (SSSR count). The maximum absolute atomic E-state index is 13.5. The number of carbonyl (C=O) groups is 2. The number of nitrogens with zero attached hydrogens (tertiary/aromatic N) is 1. The Balaban J connectivity index is 0.906. The number of aliphatic hydroxyl groups is 2. The summed E-state index contributed by atoms with van der Waals surface area (Å²) in [6.07, 6.45) is 8.36. The summed E-state index contributed by atoms with van der Waals surface area (Å²) in [7, 11) is 4.10. The summed E-state index contributed by atoms with van der Waals surface area (Å²) in [6, 6.07) is 36.3. The Labute approximate surface area is 419 Å². The third kappa shape index (κ3) is 11.9. The predicted molar refractivity (Wildman–Crippen MR) is 282 cm³/mol. The molecule has 7 nitrogen and oxygen atoms in total. The second-order valence-corrected chi connectivity index (χ2v) is 21.5. The number of halogens is 1. The number of hydrogen-bond acceptors (Lipinski definition) is 7. The Bertz CT molecular complexity index is 2990. The Morgan fingerprint density at radius 2 is 1.41 bits per heavy atom. The average Bonchev–Trinajstić information content (AvgIpc) is 3.35. The van der Waals surface area contributed by atoms with Gasteiger partial charge in [0.05, 0.1) is 17.2 Å². The van der Waals surface area contributed by atoms with Crippen molar-refractivity contribution in [3.8, 4) is 17.6 Å². The van der Waals surface area contributed by atoms with Gasteiger partial charge in [0, 0.05) is 25.3 Å². The van der Waals surface area contributed by atoms with Crippen molar-refractivity contribution in [1.29, 1.82) is 0 Å². The molecule has 8 heteroatoms. The third-order valence-electron chi connectivity index (χ3n) is 14.5. The van der Waals surface area contributed by atoms with Crippen molar-refractivity contribution < 1.29 is 33.7 Å². The number of fused-ring (bicyclic) bond motifs is 2. The maximum Gasteiger partial charge on any atom is 0.346 e. The molecule has 0 aliphatic heterocycles. The fourth-order valence-electron chi connectivity index (χ4n) is 10.1. The van der Waals surface area contributed by atoms with Crippen LogP contribution in [0.5, 0.6) is 5.75 Å². The van der Waals surface area contributed by atoms with Crippen LogP contribution in [0.15, 0.2) is 127 Å². The molecule has 2 unspecified atom stereocenters. The van der Waals surface area contributed by atoms with Gasteiger partial charge in [0.15, 0.2) is 0 Å². The van der Waals surface area contributed by atoms with Gasteiger partial charge in [-0.2, -0.15) is 0 Å². The van der Waals surface area contributed by atoms with Gasteiger partial charge in [-0.1, -0.05) is 120 Å². The molecule has 6 aromatic rings. The number of aryl methyl sites for hydroxylation is 1. The van der Waals surface area contributed by atoms with Gasteiger partial charge >= 0.3 is 11.9 Å². The molecule has 2 aliphatic carbocycles. The molecule has 0 bridgehead atoms. The zero-order valence-corrected chi connectivity index (χ0v) is 42.4. The van der Waals surface area contributed by atoms with Gasteiger partial charge in [0.1, 0.15) is 24.3 Å². The monoisotopic (exact) mass is 951 g/mol. The van der Waals surface area contributed by atoms with Gasteiger partial charge < -0.3 is 24.6 Å². The van der Waals surface area contributed by atoms with Crippen LogP contribution < -0.4 is 9.64 Å². The van der Waals surface area contributed by atoms with E-state index in [0.29, 0.717) is 17.7 Å². The first-order chi connectivity index (χ1) is 33.8. The highest BCUT2D eigenvalue weighted by atomic mass is 19.1. The van der Waals surface area contributed by atoms with E-state index in [4.69, 9.17) is 9.47 Å². The third-order valence-corrected chi connectivity index (χ3v) is 14.5. The van der Waals surface area contributed by atoms with Crippen LogP contribution in [0.2, 0.25) is 0 Å². The predicted octanol–water partition coefficient (Wildman–Crippen LogP) is 13.0. The van der Waals surface area contributed by atoms with Crippen molar-refractivity contribution in [3.05, 3.63) is 206 Å². The molecule has 0 fully saturated rings. The molecular formula is C63H66FNO6. The number of benzene rings is 6. The minimum atomic E-state index is -1.04. The molecule has 0 saturated heterocycles. The number of esters is 2. The Morgan fingerprint density at radius 3 is 2.07 bits per heavy atom. The zero-order chi connectivity index (χ0) is 50.7.